The number of carboxylic acids is 1. The summed E-state index contributed by atoms with van der Waals surface area (Å²) in [6, 6.07) is 15.6. The summed E-state index contributed by atoms with van der Waals surface area (Å²) in [5.74, 6) is -1.02. The Bertz CT molecular complexity index is 987. The zero-order valence-electron chi connectivity index (χ0n) is 18.7. The molecule has 2 aromatic rings. The third-order valence-electron chi connectivity index (χ3n) is 6.37. The summed E-state index contributed by atoms with van der Waals surface area (Å²) in [5.41, 5.74) is 4.59. The summed E-state index contributed by atoms with van der Waals surface area (Å²) in [4.78, 5) is 39.6. The van der Waals surface area contributed by atoms with Gasteiger partial charge in [0, 0.05) is 38.6 Å². The zero-order valence-corrected chi connectivity index (χ0v) is 18.7. The van der Waals surface area contributed by atoms with Crippen molar-refractivity contribution in [2.24, 2.45) is 0 Å². The maximum absolute atomic E-state index is 12.7. The van der Waals surface area contributed by atoms with Crippen molar-refractivity contribution in [2.45, 2.75) is 25.3 Å². The number of rotatable bonds is 7. The molecule has 8 heteroatoms. The molecule has 0 radical (unpaired) electrons. The zero-order chi connectivity index (χ0) is 23.4. The van der Waals surface area contributed by atoms with Gasteiger partial charge in [0.15, 0.2) is 0 Å². The maximum atomic E-state index is 12.7. The van der Waals surface area contributed by atoms with Crippen LogP contribution in [0.1, 0.15) is 30.4 Å². The number of hydrogen-bond donors (Lipinski definition) is 2. The number of carboxylic acid groups (broad SMARTS) is 1. The van der Waals surface area contributed by atoms with Crippen LogP contribution < -0.4 is 5.32 Å². The molecule has 33 heavy (non-hydrogen) atoms. The third-order valence-corrected chi connectivity index (χ3v) is 6.37. The number of nitrogens with one attached hydrogen (secondary N) is 1. The van der Waals surface area contributed by atoms with Crippen LogP contribution in [0.3, 0.4) is 0 Å². The predicted molar refractivity (Wildman–Crippen MR) is 123 cm³/mol. The maximum Gasteiger partial charge on any atom is 0.407 e. The molecule has 8 nitrogen and oxygen atoms in total. The highest BCUT2D eigenvalue weighted by atomic mass is 16.5. The number of carbonyl (C=O) groups excluding carboxylic acids is 2. The number of piperazine rings is 1. The summed E-state index contributed by atoms with van der Waals surface area (Å²) in [6.45, 7) is 4.59. The minimum absolute atomic E-state index is 0.0342. The SMILES string of the molecule is C[C@@H](NC(=O)OCC1c2ccccc2-c2ccccc21)C(=O)N1CCN(CCC(=O)O)CC1. The van der Waals surface area contributed by atoms with Crippen molar-refractivity contribution in [3.05, 3.63) is 59.7 Å². The fourth-order valence-electron chi connectivity index (χ4n) is 4.60. The first-order valence-electron chi connectivity index (χ1n) is 11.3. The highest BCUT2D eigenvalue weighted by Gasteiger charge is 2.30. The van der Waals surface area contributed by atoms with Crippen molar-refractivity contribution in [1.29, 1.82) is 0 Å². The van der Waals surface area contributed by atoms with E-state index in [1.807, 2.05) is 29.2 Å². The van der Waals surface area contributed by atoms with Gasteiger partial charge in [-0.1, -0.05) is 48.5 Å². The second kappa shape index (κ2) is 10.0. The molecule has 0 unspecified atom stereocenters. The lowest BCUT2D eigenvalue weighted by atomic mass is 9.98. The molecule has 174 valence electrons. The number of nitrogens with zero attached hydrogens (tertiary/aromatic N) is 2. The predicted octanol–water partition coefficient (Wildman–Crippen LogP) is 2.53. The molecular weight excluding hydrogens is 422 g/mol. The molecule has 1 atom stereocenters. The third kappa shape index (κ3) is 5.17. The molecule has 1 aliphatic heterocycles. The first-order valence-corrected chi connectivity index (χ1v) is 11.3. The lowest BCUT2D eigenvalue weighted by Crippen LogP contribution is -2.54. The van der Waals surface area contributed by atoms with Crippen molar-refractivity contribution >= 4 is 18.0 Å². The Balaban J connectivity index is 1.27. The monoisotopic (exact) mass is 451 g/mol. The van der Waals surface area contributed by atoms with Crippen molar-refractivity contribution in [2.75, 3.05) is 39.3 Å². The van der Waals surface area contributed by atoms with Gasteiger partial charge in [0.05, 0.1) is 6.42 Å². The molecule has 0 bridgehead atoms. The van der Waals surface area contributed by atoms with E-state index < -0.39 is 18.1 Å². The highest BCUT2D eigenvalue weighted by molar-refractivity contribution is 5.85. The van der Waals surface area contributed by atoms with Gasteiger partial charge in [0.1, 0.15) is 12.6 Å². The van der Waals surface area contributed by atoms with Crippen LogP contribution in [0.25, 0.3) is 11.1 Å². The molecule has 0 saturated carbocycles. The second-order valence-electron chi connectivity index (χ2n) is 8.50. The largest absolute Gasteiger partial charge is 0.481 e. The minimum atomic E-state index is -0.825. The molecule has 1 fully saturated rings. The van der Waals surface area contributed by atoms with Crippen LogP contribution in [0.4, 0.5) is 4.79 Å². The van der Waals surface area contributed by atoms with Crippen molar-refractivity contribution in [3.63, 3.8) is 0 Å². The van der Waals surface area contributed by atoms with Crippen molar-refractivity contribution in [1.82, 2.24) is 15.1 Å². The molecule has 1 aliphatic carbocycles. The summed E-state index contributed by atoms with van der Waals surface area (Å²) in [7, 11) is 0. The molecule has 4 rings (SSSR count). The number of amides is 2. The van der Waals surface area contributed by atoms with Gasteiger partial charge < -0.3 is 20.1 Å². The summed E-state index contributed by atoms with van der Waals surface area (Å²) < 4.78 is 5.53. The second-order valence-corrected chi connectivity index (χ2v) is 8.50. The van der Waals surface area contributed by atoms with Crippen LogP contribution in [-0.4, -0.2) is 78.2 Å². The van der Waals surface area contributed by atoms with Crippen LogP contribution in [0.5, 0.6) is 0 Å². The van der Waals surface area contributed by atoms with E-state index in [1.165, 1.54) is 0 Å². The fourth-order valence-corrected chi connectivity index (χ4v) is 4.60. The minimum Gasteiger partial charge on any atom is -0.481 e. The molecule has 1 heterocycles. The first kappa shape index (κ1) is 22.8. The van der Waals surface area contributed by atoms with Crippen LogP contribution in [0, 0.1) is 0 Å². The Labute approximate surface area is 193 Å². The van der Waals surface area contributed by atoms with Crippen LogP contribution >= 0.6 is 0 Å². The van der Waals surface area contributed by atoms with E-state index in [-0.39, 0.29) is 24.9 Å². The number of ether oxygens (including phenoxy) is 1. The molecule has 2 aliphatic rings. The Morgan fingerprint density at radius 3 is 2.15 bits per heavy atom. The van der Waals surface area contributed by atoms with E-state index in [4.69, 9.17) is 9.84 Å². The lowest BCUT2D eigenvalue weighted by molar-refractivity contribution is -0.138. The Morgan fingerprint density at radius 1 is 1.00 bits per heavy atom. The van der Waals surface area contributed by atoms with E-state index in [0.29, 0.717) is 32.7 Å². The van der Waals surface area contributed by atoms with E-state index in [0.717, 1.165) is 22.3 Å². The number of alkyl carbamates (subject to hydrolysis) is 1. The molecule has 1 saturated heterocycles. The normalized spacial score (nSPS) is 16.6. The van der Waals surface area contributed by atoms with E-state index in [9.17, 15) is 14.4 Å². The van der Waals surface area contributed by atoms with E-state index >= 15 is 0 Å². The van der Waals surface area contributed by atoms with Crippen LogP contribution in [0.2, 0.25) is 0 Å². The summed E-state index contributed by atoms with van der Waals surface area (Å²) >= 11 is 0. The van der Waals surface area contributed by atoms with Crippen LogP contribution in [-0.2, 0) is 14.3 Å². The molecule has 2 N–H and O–H groups in total. The summed E-state index contributed by atoms with van der Waals surface area (Å²) in [6.07, 6.45) is -0.522. The average Bonchev–Trinajstić information content (AvgIpc) is 3.15. The standard InChI is InChI=1S/C25H29N3O5/c1-17(24(31)28-14-12-27(13-15-28)11-10-23(29)30)26-25(32)33-16-22-20-8-4-2-6-18(20)19-7-3-5-9-21(19)22/h2-9,17,22H,10-16H2,1H3,(H,26,32)(H,29,30)/t17-/m1/s1. The van der Waals surface area contributed by atoms with Crippen molar-refractivity contribution in [3.8, 4) is 11.1 Å². The topological polar surface area (TPSA) is 99.2 Å². The van der Waals surface area contributed by atoms with E-state index in [2.05, 4.69) is 29.6 Å². The Morgan fingerprint density at radius 2 is 1.58 bits per heavy atom. The lowest BCUT2D eigenvalue weighted by Gasteiger charge is -2.35. The van der Waals surface area contributed by atoms with Gasteiger partial charge in [-0.2, -0.15) is 0 Å². The number of hydrogen-bond acceptors (Lipinski definition) is 5. The highest BCUT2D eigenvalue weighted by Crippen LogP contribution is 2.44. The van der Waals surface area contributed by atoms with Gasteiger partial charge >= 0.3 is 12.1 Å². The van der Waals surface area contributed by atoms with Gasteiger partial charge in [-0.3, -0.25) is 14.5 Å². The van der Waals surface area contributed by atoms with Gasteiger partial charge in [0.2, 0.25) is 5.91 Å². The average molecular weight is 452 g/mol. The molecule has 0 spiro atoms. The summed E-state index contributed by atoms with van der Waals surface area (Å²) in [5, 5.41) is 11.5. The number of carbonyl (C=O) groups is 3. The molecular formula is C25H29N3O5. The quantitative estimate of drug-likeness (QED) is 0.671. The van der Waals surface area contributed by atoms with Gasteiger partial charge in [-0.05, 0) is 29.2 Å². The molecule has 0 aromatic heterocycles. The smallest absolute Gasteiger partial charge is 0.407 e. The van der Waals surface area contributed by atoms with Gasteiger partial charge in [-0.15, -0.1) is 0 Å². The Hall–Kier alpha value is -3.39. The fraction of sp³-hybridized carbons (Fsp3) is 0.400. The number of fused-ring (bicyclic) bond motifs is 3. The Kier molecular flexibility index (Phi) is 6.93. The van der Waals surface area contributed by atoms with Crippen LogP contribution in [0.15, 0.2) is 48.5 Å². The van der Waals surface area contributed by atoms with Crippen molar-refractivity contribution < 1.29 is 24.2 Å². The molecule has 2 amide bonds. The number of benzene rings is 2. The van der Waals surface area contributed by atoms with E-state index in [1.54, 1.807) is 11.8 Å². The number of aliphatic carboxylic acids is 1. The first-order chi connectivity index (χ1) is 15.9. The molecule has 2 aromatic carbocycles. The van der Waals surface area contributed by atoms with Gasteiger partial charge in [0.25, 0.3) is 0 Å². The van der Waals surface area contributed by atoms with Gasteiger partial charge in [-0.25, -0.2) is 4.79 Å².